The van der Waals surface area contributed by atoms with Gasteiger partial charge in [0.2, 0.25) is 5.91 Å². The van der Waals surface area contributed by atoms with Crippen LogP contribution in [0, 0.1) is 6.92 Å². The molecule has 1 N–H and O–H groups in total. The van der Waals surface area contributed by atoms with Gasteiger partial charge in [0, 0.05) is 24.3 Å². The van der Waals surface area contributed by atoms with Crippen LogP contribution in [0.3, 0.4) is 0 Å². The quantitative estimate of drug-likeness (QED) is 0.861. The zero-order valence-electron chi connectivity index (χ0n) is 15.3. The molecule has 0 spiro atoms. The molecule has 6 heteroatoms. The number of benzene rings is 2. The van der Waals surface area contributed by atoms with Crippen molar-refractivity contribution in [3.8, 4) is 0 Å². The van der Waals surface area contributed by atoms with E-state index in [0.717, 1.165) is 23.2 Å². The number of hydrogen-bond donors (Lipinski definition) is 1. The van der Waals surface area contributed by atoms with E-state index in [1.54, 1.807) is 35.2 Å². The molecule has 1 amide bonds. The van der Waals surface area contributed by atoms with Gasteiger partial charge in [0.1, 0.15) is 0 Å². The van der Waals surface area contributed by atoms with Gasteiger partial charge in [-0.25, -0.2) is 8.42 Å². The predicted octanol–water partition coefficient (Wildman–Crippen LogP) is 4.05. The number of rotatable bonds is 5. The largest absolute Gasteiger partial charge is 0.312 e. The van der Waals surface area contributed by atoms with Crippen molar-refractivity contribution in [3.63, 3.8) is 0 Å². The van der Waals surface area contributed by atoms with E-state index in [1.807, 2.05) is 19.1 Å². The smallest absolute Gasteiger partial charge is 0.261 e. The molecule has 0 radical (unpaired) electrons. The summed E-state index contributed by atoms with van der Waals surface area (Å²) in [4.78, 5) is 13.9. The highest BCUT2D eigenvalue weighted by Crippen LogP contribution is 2.28. The number of amides is 1. The number of nitrogens with one attached hydrogen (secondary N) is 1. The molecule has 0 bridgehead atoms. The number of carbonyl (C=O) groups excluding carboxylic acids is 1. The van der Waals surface area contributed by atoms with Crippen LogP contribution in [0.15, 0.2) is 47.4 Å². The number of nitrogens with zero attached hydrogens (tertiary/aromatic N) is 1. The lowest BCUT2D eigenvalue weighted by Gasteiger charge is -2.19. The van der Waals surface area contributed by atoms with Gasteiger partial charge < -0.3 is 4.90 Å². The maximum atomic E-state index is 12.6. The van der Waals surface area contributed by atoms with E-state index in [4.69, 9.17) is 0 Å². The molecule has 0 unspecified atom stereocenters. The van der Waals surface area contributed by atoms with Gasteiger partial charge in [-0.05, 0) is 60.7 Å². The summed E-state index contributed by atoms with van der Waals surface area (Å²) in [6.45, 7) is 6.73. The molecule has 0 aromatic heterocycles. The van der Waals surface area contributed by atoms with Crippen molar-refractivity contribution in [2.45, 2.75) is 44.4 Å². The van der Waals surface area contributed by atoms with Crippen LogP contribution in [0.25, 0.3) is 0 Å². The van der Waals surface area contributed by atoms with Crippen molar-refractivity contribution in [2.24, 2.45) is 0 Å². The number of carbonyl (C=O) groups is 1. The minimum atomic E-state index is -3.65. The molecule has 0 aliphatic carbocycles. The van der Waals surface area contributed by atoms with Gasteiger partial charge in [0.25, 0.3) is 10.0 Å². The Hall–Kier alpha value is -2.34. The fraction of sp³-hybridized carbons (Fsp3) is 0.350. The highest BCUT2D eigenvalue weighted by molar-refractivity contribution is 7.92. The monoisotopic (exact) mass is 372 g/mol. The summed E-state index contributed by atoms with van der Waals surface area (Å²) in [5.41, 5.74) is 3.30. The first-order chi connectivity index (χ1) is 12.3. The van der Waals surface area contributed by atoms with Crippen molar-refractivity contribution in [1.29, 1.82) is 0 Å². The van der Waals surface area contributed by atoms with Crippen LogP contribution in [0.1, 0.15) is 43.7 Å². The molecule has 1 aliphatic heterocycles. The van der Waals surface area contributed by atoms with E-state index < -0.39 is 10.0 Å². The lowest BCUT2D eigenvalue weighted by Crippen LogP contribution is -2.24. The minimum Gasteiger partial charge on any atom is -0.312 e. The molecule has 1 fully saturated rings. The van der Waals surface area contributed by atoms with Gasteiger partial charge in [-0.1, -0.05) is 26.0 Å². The maximum absolute atomic E-state index is 12.6. The third kappa shape index (κ3) is 3.75. The van der Waals surface area contributed by atoms with Crippen molar-refractivity contribution in [3.05, 3.63) is 53.6 Å². The van der Waals surface area contributed by atoms with Crippen molar-refractivity contribution < 1.29 is 13.2 Å². The molecule has 2 aromatic carbocycles. The molecule has 1 heterocycles. The minimum absolute atomic E-state index is 0.117. The third-order valence-corrected chi connectivity index (χ3v) is 6.07. The van der Waals surface area contributed by atoms with Crippen LogP contribution in [0.2, 0.25) is 0 Å². The zero-order chi connectivity index (χ0) is 18.9. The highest BCUT2D eigenvalue weighted by Gasteiger charge is 2.23. The lowest BCUT2D eigenvalue weighted by molar-refractivity contribution is -0.117. The fourth-order valence-electron chi connectivity index (χ4n) is 3.17. The first-order valence-corrected chi connectivity index (χ1v) is 10.3. The highest BCUT2D eigenvalue weighted by atomic mass is 32.2. The molecule has 3 rings (SSSR count). The summed E-state index contributed by atoms with van der Waals surface area (Å²) >= 11 is 0. The van der Waals surface area contributed by atoms with Gasteiger partial charge in [0.05, 0.1) is 4.90 Å². The third-order valence-electron chi connectivity index (χ3n) is 4.67. The molecule has 2 aromatic rings. The Morgan fingerprint density at radius 2 is 1.77 bits per heavy atom. The normalized spacial score (nSPS) is 14.9. The molecule has 5 nitrogen and oxygen atoms in total. The zero-order valence-corrected chi connectivity index (χ0v) is 16.1. The van der Waals surface area contributed by atoms with E-state index in [9.17, 15) is 13.2 Å². The number of aryl methyl sites for hydroxylation is 1. The second kappa shape index (κ2) is 7.11. The SMILES string of the molecule is Cc1cc(NS(=O)(=O)c2ccc(C(C)C)cc2)ccc1N1CCCC1=O. The van der Waals surface area contributed by atoms with Crippen LogP contribution in [-0.2, 0) is 14.8 Å². The van der Waals surface area contributed by atoms with E-state index in [0.29, 0.717) is 24.6 Å². The summed E-state index contributed by atoms with van der Waals surface area (Å²) in [6, 6.07) is 12.2. The van der Waals surface area contributed by atoms with E-state index >= 15 is 0 Å². The molecular formula is C20H24N2O3S. The standard InChI is InChI=1S/C20H24N2O3S/c1-14(2)16-6-9-18(10-7-16)26(24,25)21-17-8-11-19(15(3)13-17)22-12-4-5-20(22)23/h6-11,13-14,21H,4-5,12H2,1-3H3. The van der Waals surface area contributed by atoms with Crippen LogP contribution >= 0.6 is 0 Å². The van der Waals surface area contributed by atoms with Gasteiger partial charge in [0.15, 0.2) is 0 Å². The maximum Gasteiger partial charge on any atom is 0.261 e. The Morgan fingerprint density at radius 1 is 1.08 bits per heavy atom. The second-order valence-corrected chi connectivity index (χ2v) is 8.66. The van der Waals surface area contributed by atoms with Crippen LogP contribution < -0.4 is 9.62 Å². The Balaban J connectivity index is 1.81. The Bertz CT molecular complexity index is 919. The fourth-order valence-corrected chi connectivity index (χ4v) is 4.22. The predicted molar refractivity (Wildman–Crippen MR) is 104 cm³/mol. The Morgan fingerprint density at radius 3 is 2.31 bits per heavy atom. The van der Waals surface area contributed by atoms with Crippen molar-refractivity contribution in [2.75, 3.05) is 16.2 Å². The summed E-state index contributed by atoms with van der Waals surface area (Å²) in [5, 5.41) is 0. The molecular weight excluding hydrogens is 348 g/mol. The Kier molecular flexibility index (Phi) is 5.05. The van der Waals surface area contributed by atoms with Crippen molar-refractivity contribution in [1.82, 2.24) is 0 Å². The number of hydrogen-bond acceptors (Lipinski definition) is 3. The second-order valence-electron chi connectivity index (χ2n) is 6.98. The Labute approximate surface area is 155 Å². The molecule has 1 saturated heterocycles. The molecule has 138 valence electrons. The summed E-state index contributed by atoms with van der Waals surface area (Å²) in [6.07, 6.45) is 1.43. The topological polar surface area (TPSA) is 66.5 Å². The van der Waals surface area contributed by atoms with Crippen LogP contribution in [-0.4, -0.2) is 20.9 Å². The van der Waals surface area contributed by atoms with Crippen LogP contribution in [0.5, 0.6) is 0 Å². The van der Waals surface area contributed by atoms with Gasteiger partial charge in [-0.2, -0.15) is 0 Å². The van der Waals surface area contributed by atoms with Crippen molar-refractivity contribution >= 4 is 27.3 Å². The summed E-state index contributed by atoms with van der Waals surface area (Å²) in [5.74, 6) is 0.467. The molecule has 0 saturated carbocycles. The number of anilines is 2. The van der Waals surface area contributed by atoms with Gasteiger partial charge in [-0.3, -0.25) is 9.52 Å². The van der Waals surface area contributed by atoms with Gasteiger partial charge in [-0.15, -0.1) is 0 Å². The van der Waals surface area contributed by atoms with E-state index in [2.05, 4.69) is 18.6 Å². The summed E-state index contributed by atoms with van der Waals surface area (Å²) < 4.78 is 27.8. The molecule has 1 aliphatic rings. The molecule has 26 heavy (non-hydrogen) atoms. The average Bonchev–Trinajstić information content (AvgIpc) is 3.00. The first-order valence-electron chi connectivity index (χ1n) is 8.82. The number of sulfonamides is 1. The van der Waals surface area contributed by atoms with E-state index in [-0.39, 0.29) is 10.8 Å². The average molecular weight is 372 g/mol. The van der Waals surface area contributed by atoms with Gasteiger partial charge >= 0.3 is 0 Å². The lowest BCUT2D eigenvalue weighted by atomic mass is 10.0. The molecule has 0 atom stereocenters. The first kappa shape index (κ1) is 18.5. The van der Waals surface area contributed by atoms with E-state index in [1.165, 1.54) is 0 Å². The summed E-state index contributed by atoms with van der Waals surface area (Å²) in [7, 11) is -3.65. The van der Waals surface area contributed by atoms with Crippen LogP contribution in [0.4, 0.5) is 11.4 Å².